The highest BCUT2D eigenvalue weighted by Crippen LogP contribution is 2.26. The number of nitrogens with one attached hydrogen (secondary N) is 1. The minimum Gasteiger partial charge on any atom is -0.356 e. The zero-order valence-electron chi connectivity index (χ0n) is 14.5. The number of fused-ring (bicyclic) bond motifs is 1. The van der Waals surface area contributed by atoms with Crippen molar-refractivity contribution in [3.8, 4) is 0 Å². The lowest BCUT2D eigenvalue weighted by molar-refractivity contribution is 0.0958. The minimum absolute atomic E-state index is 0.0668. The van der Waals surface area contributed by atoms with E-state index in [-0.39, 0.29) is 5.91 Å². The van der Waals surface area contributed by atoms with Crippen LogP contribution in [-0.2, 0) is 0 Å². The van der Waals surface area contributed by atoms with Crippen LogP contribution in [0, 0.1) is 5.92 Å². The lowest BCUT2D eigenvalue weighted by Gasteiger charge is -2.32. The maximum atomic E-state index is 12.7. The van der Waals surface area contributed by atoms with Gasteiger partial charge in [-0.1, -0.05) is 37.3 Å². The van der Waals surface area contributed by atoms with Crippen molar-refractivity contribution in [3.05, 3.63) is 48.0 Å². The van der Waals surface area contributed by atoms with Crippen molar-refractivity contribution in [2.45, 2.75) is 26.7 Å². The summed E-state index contributed by atoms with van der Waals surface area (Å²) in [6, 6.07) is 9.78. The van der Waals surface area contributed by atoms with Gasteiger partial charge in [0, 0.05) is 25.0 Å². The van der Waals surface area contributed by atoms with Crippen molar-refractivity contribution in [1.29, 1.82) is 0 Å². The highest BCUT2D eigenvalue weighted by atomic mass is 16.1. The first-order valence-electron chi connectivity index (χ1n) is 8.62. The lowest BCUT2D eigenvalue weighted by atomic mass is 10.00. The van der Waals surface area contributed by atoms with Crippen LogP contribution in [0.25, 0.3) is 10.9 Å². The number of nitrogens with zero attached hydrogens (tertiary/aromatic N) is 2. The van der Waals surface area contributed by atoms with Crippen molar-refractivity contribution < 1.29 is 4.79 Å². The summed E-state index contributed by atoms with van der Waals surface area (Å²) in [7, 11) is 0. The lowest BCUT2D eigenvalue weighted by Crippen LogP contribution is -2.35. The van der Waals surface area contributed by atoms with Gasteiger partial charge in [0.2, 0.25) is 0 Å². The third kappa shape index (κ3) is 3.58. The number of para-hydroxylation sites is 1. The Labute approximate surface area is 143 Å². The molecule has 1 aliphatic heterocycles. The van der Waals surface area contributed by atoms with Crippen LogP contribution in [0.2, 0.25) is 0 Å². The van der Waals surface area contributed by atoms with Crippen molar-refractivity contribution >= 4 is 22.6 Å². The highest BCUT2D eigenvalue weighted by molar-refractivity contribution is 6.07. The molecule has 3 rings (SSSR count). The standard InChI is InChI=1S/C20H25N3O/c1-14(2)12-21-20(24)17-11-19(23-10-6-7-15(3)13-23)22-18-9-5-4-8-16(17)18/h4-5,8-9,11,15H,1,6-7,10,12-13H2,2-3H3,(H,21,24). The predicted molar refractivity (Wildman–Crippen MR) is 99.5 cm³/mol. The fraction of sp³-hybridized carbons (Fsp3) is 0.400. The number of carbonyl (C=O) groups is 1. The molecule has 4 heteroatoms. The summed E-state index contributed by atoms with van der Waals surface area (Å²) in [6.45, 7) is 10.5. The number of carbonyl (C=O) groups excluding carboxylic acids is 1. The van der Waals surface area contributed by atoms with Crippen LogP contribution in [0.4, 0.5) is 5.82 Å². The van der Waals surface area contributed by atoms with Crippen molar-refractivity contribution in [3.63, 3.8) is 0 Å². The molecule has 1 N–H and O–H groups in total. The number of benzene rings is 1. The van der Waals surface area contributed by atoms with Gasteiger partial charge in [0.25, 0.3) is 5.91 Å². The van der Waals surface area contributed by atoms with E-state index in [9.17, 15) is 4.79 Å². The quantitative estimate of drug-likeness (QED) is 0.871. The van der Waals surface area contributed by atoms with Crippen LogP contribution in [0.3, 0.4) is 0 Å². The third-order valence-corrected chi connectivity index (χ3v) is 4.48. The van der Waals surface area contributed by atoms with E-state index in [4.69, 9.17) is 4.98 Å². The van der Waals surface area contributed by atoms with Gasteiger partial charge in [-0.15, -0.1) is 0 Å². The Kier molecular flexibility index (Phi) is 4.84. The first-order valence-corrected chi connectivity index (χ1v) is 8.62. The van der Waals surface area contributed by atoms with Gasteiger partial charge < -0.3 is 10.2 Å². The molecule has 1 aromatic carbocycles. The van der Waals surface area contributed by atoms with E-state index in [1.165, 1.54) is 12.8 Å². The number of amides is 1. The summed E-state index contributed by atoms with van der Waals surface area (Å²) in [5, 5.41) is 3.84. The van der Waals surface area contributed by atoms with Gasteiger partial charge in [-0.05, 0) is 37.8 Å². The average Bonchev–Trinajstić information content (AvgIpc) is 2.58. The Bertz CT molecular complexity index is 769. The monoisotopic (exact) mass is 323 g/mol. The van der Waals surface area contributed by atoms with Gasteiger partial charge in [0.15, 0.2) is 0 Å². The minimum atomic E-state index is -0.0668. The van der Waals surface area contributed by atoms with Crippen LogP contribution in [0.1, 0.15) is 37.0 Å². The third-order valence-electron chi connectivity index (χ3n) is 4.48. The average molecular weight is 323 g/mol. The maximum Gasteiger partial charge on any atom is 0.252 e. The van der Waals surface area contributed by atoms with E-state index in [0.29, 0.717) is 18.0 Å². The highest BCUT2D eigenvalue weighted by Gasteiger charge is 2.20. The normalized spacial score (nSPS) is 17.8. The summed E-state index contributed by atoms with van der Waals surface area (Å²) < 4.78 is 0. The van der Waals surface area contributed by atoms with Crippen molar-refractivity contribution in [2.75, 3.05) is 24.5 Å². The predicted octanol–water partition coefficient (Wildman–Crippen LogP) is 3.78. The van der Waals surface area contributed by atoms with Gasteiger partial charge in [0.1, 0.15) is 5.82 Å². The molecule has 0 radical (unpaired) electrons. The molecule has 1 aromatic heterocycles. The van der Waals surface area contributed by atoms with E-state index in [1.54, 1.807) is 0 Å². The van der Waals surface area contributed by atoms with Crippen LogP contribution in [-0.4, -0.2) is 30.5 Å². The van der Waals surface area contributed by atoms with Gasteiger partial charge in [-0.25, -0.2) is 4.98 Å². The Morgan fingerprint density at radius 1 is 1.42 bits per heavy atom. The van der Waals surface area contributed by atoms with Crippen LogP contribution in [0.5, 0.6) is 0 Å². The molecular formula is C20H25N3O. The fourth-order valence-electron chi connectivity index (χ4n) is 3.24. The van der Waals surface area contributed by atoms with Gasteiger partial charge in [0.05, 0.1) is 11.1 Å². The summed E-state index contributed by atoms with van der Waals surface area (Å²) >= 11 is 0. The number of hydrogen-bond donors (Lipinski definition) is 1. The molecule has 0 spiro atoms. The van der Waals surface area contributed by atoms with E-state index in [2.05, 4.69) is 23.7 Å². The largest absolute Gasteiger partial charge is 0.356 e. The molecule has 1 aliphatic rings. The zero-order chi connectivity index (χ0) is 17.1. The molecule has 1 amide bonds. The van der Waals surface area contributed by atoms with Crippen LogP contribution in [0.15, 0.2) is 42.5 Å². The summed E-state index contributed by atoms with van der Waals surface area (Å²) in [4.78, 5) is 19.8. The molecule has 1 unspecified atom stereocenters. The molecule has 0 saturated carbocycles. The second kappa shape index (κ2) is 7.04. The van der Waals surface area contributed by atoms with Crippen LogP contribution >= 0.6 is 0 Å². The smallest absolute Gasteiger partial charge is 0.252 e. The van der Waals surface area contributed by atoms with E-state index < -0.39 is 0 Å². The summed E-state index contributed by atoms with van der Waals surface area (Å²) in [5.74, 6) is 1.50. The van der Waals surface area contributed by atoms with Gasteiger partial charge >= 0.3 is 0 Å². The number of hydrogen-bond acceptors (Lipinski definition) is 3. The van der Waals surface area contributed by atoms with Gasteiger partial charge in [-0.2, -0.15) is 0 Å². The Morgan fingerprint density at radius 3 is 2.96 bits per heavy atom. The molecule has 126 valence electrons. The van der Waals surface area contributed by atoms with Gasteiger partial charge in [-0.3, -0.25) is 4.79 Å². The number of rotatable bonds is 4. The van der Waals surface area contributed by atoms with Crippen LogP contribution < -0.4 is 10.2 Å². The number of piperidine rings is 1. The maximum absolute atomic E-state index is 12.7. The summed E-state index contributed by atoms with van der Waals surface area (Å²) in [5.41, 5.74) is 2.50. The second-order valence-electron chi connectivity index (χ2n) is 6.88. The summed E-state index contributed by atoms with van der Waals surface area (Å²) in [6.07, 6.45) is 2.43. The number of pyridine rings is 1. The molecule has 1 saturated heterocycles. The molecule has 1 atom stereocenters. The Balaban J connectivity index is 1.99. The zero-order valence-corrected chi connectivity index (χ0v) is 14.5. The van der Waals surface area contributed by atoms with E-state index in [0.717, 1.165) is 35.4 Å². The molecule has 24 heavy (non-hydrogen) atoms. The number of anilines is 1. The van der Waals surface area contributed by atoms with E-state index in [1.807, 2.05) is 37.3 Å². The molecule has 0 bridgehead atoms. The first kappa shape index (κ1) is 16.5. The Morgan fingerprint density at radius 2 is 2.21 bits per heavy atom. The molecule has 2 aromatic rings. The van der Waals surface area contributed by atoms with Crippen molar-refractivity contribution in [1.82, 2.24) is 10.3 Å². The first-order chi connectivity index (χ1) is 11.5. The molecular weight excluding hydrogens is 298 g/mol. The topological polar surface area (TPSA) is 45.2 Å². The molecule has 4 nitrogen and oxygen atoms in total. The fourth-order valence-corrected chi connectivity index (χ4v) is 3.24. The second-order valence-corrected chi connectivity index (χ2v) is 6.88. The molecule has 1 fully saturated rings. The SMILES string of the molecule is C=C(C)CNC(=O)c1cc(N2CCCC(C)C2)nc2ccccc12. The Hall–Kier alpha value is -2.36. The number of aromatic nitrogens is 1. The van der Waals surface area contributed by atoms with Crippen molar-refractivity contribution in [2.24, 2.45) is 5.92 Å². The molecule has 0 aliphatic carbocycles. The molecule has 2 heterocycles. The van der Waals surface area contributed by atoms with E-state index >= 15 is 0 Å².